The zero-order valence-electron chi connectivity index (χ0n) is 22.5. The van der Waals surface area contributed by atoms with Crippen LogP contribution in [0.5, 0.6) is 0 Å². The van der Waals surface area contributed by atoms with Crippen molar-refractivity contribution in [3.8, 4) is 0 Å². The van der Waals surface area contributed by atoms with Crippen LogP contribution < -0.4 is 0 Å². The summed E-state index contributed by atoms with van der Waals surface area (Å²) in [7, 11) is 0. The van der Waals surface area contributed by atoms with Gasteiger partial charge in [-0.1, -0.05) is 64.1 Å². The van der Waals surface area contributed by atoms with Gasteiger partial charge in [0.2, 0.25) is 0 Å². The third-order valence-corrected chi connectivity index (χ3v) is 7.15. The maximum Gasteiger partial charge on any atom is 0.113 e. The van der Waals surface area contributed by atoms with Crippen LogP contribution in [0.3, 0.4) is 0 Å². The van der Waals surface area contributed by atoms with Crippen LogP contribution in [-0.4, -0.2) is 59.0 Å². The molecule has 0 aliphatic carbocycles. The Morgan fingerprint density at radius 2 is 1.69 bits per heavy atom. The topological polar surface area (TPSA) is 50.5 Å². The molecule has 192 valence electrons. The molecule has 5 nitrogen and oxygen atoms in total. The summed E-state index contributed by atoms with van der Waals surface area (Å²) in [6, 6.07) is 17.3. The lowest BCUT2D eigenvalue weighted by Crippen LogP contribution is -2.35. The minimum absolute atomic E-state index is 0.167. The van der Waals surface area contributed by atoms with Crippen molar-refractivity contribution in [1.29, 1.82) is 0 Å². The zero-order chi connectivity index (χ0) is 25.3. The number of piperidine rings is 1. The molecule has 1 fully saturated rings. The van der Waals surface area contributed by atoms with E-state index in [2.05, 4.69) is 71.8 Å². The number of nitrogens with zero attached hydrogens (tertiary/aromatic N) is 3. The highest BCUT2D eigenvalue weighted by atomic mass is 16.5. The van der Waals surface area contributed by atoms with Crippen molar-refractivity contribution in [1.82, 2.24) is 14.5 Å². The maximum absolute atomic E-state index is 9.59. The van der Waals surface area contributed by atoms with Gasteiger partial charge in [-0.05, 0) is 62.5 Å². The molecule has 3 aromatic rings. The van der Waals surface area contributed by atoms with Crippen LogP contribution in [0.15, 0.2) is 48.5 Å². The molecule has 2 heterocycles. The molecule has 0 saturated carbocycles. The summed E-state index contributed by atoms with van der Waals surface area (Å²) in [6.45, 7) is 16.1. The molecule has 1 aliphatic heterocycles. The van der Waals surface area contributed by atoms with Crippen LogP contribution in [0.25, 0.3) is 11.0 Å². The van der Waals surface area contributed by atoms with E-state index in [0.29, 0.717) is 5.92 Å². The average Bonchev–Trinajstić information content (AvgIpc) is 3.28. The van der Waals surface area contributed by atoms with Gasteiger partial charge in [0, 0.05) is 31.0 Å². The number of ether oxygens (including phenoxy) is 1. The third kappa shape index (κ3) is 6.93. The SMILES string of the molecule is CC.CCOCCn1c(C2CCN(CCc3ccc(C(C)(C)CO)cc3)CC2)nc2ccccc21. The Morgan fingerprint density at radius 1 is 1.00 bits per heavy atom. The molecule has 0 spiro atoms. The van der Waals surface area contributed by atoms with E-state index < -0.39 is 0 Å². The highest BCUT2D eigenvalue weighted by molar-refractivity contribution is 5.76. The molecule has 2 aromatic carbocycles. The van der Waals surface area contributed by atoms with Crippen molar-refractivity contribution in [2.75, 3.05) is 39.5 Å². The molecule has 0 bridgehead atoms. The normalized spacial score (nSPS) is 15.3. The predicted octanol–water partition coefficient (Wildman–Crippen LogP) is 5.79. The van der Waals surface area contributed by atoms with Crippen molar-refractivity contribution in [2.45, 2.75) is 71.8 Å². The van der Waals surface area contributed by atoms with Gasteiger partial charge in [0.25, 0.3) is 0 Å². The van der Waals surface area contributed by atoms with Crippen LogP contribution in [0.2, 0.25) is 0 Å². The molecule has 0 unspecified atom stereocenters. The minimum atomic E-state index is -0.181. The smallest absolute Gasteiger partial charge is 0.113 e. The summed E-state index contributed by atoms with van der Waals surface area (Å²) in [5.41, 5.74) is 4.70. The van der Waals surface area contributed by atoms with Gasteiger partial charge in [-0.25, -0.2) is 4.98 Å². The number of fused-ring (bicyclic) bond motifs is 1. The van der Waals surface area contributed by atoms with Crippen molar-refractivity contribution in [3.05, 3.63) is 65.5 Å². The van der Waals surface area contributed by atoms with Gasteiger partial charge in [0.1, 0.15) is 5.82 Å². The number of aromatic nitrogens is 2. The average molecular weight is 480 g/mol. The van der Waals surface area contributed by atoms with Gasteiger partial charge >= 0.3 is 0 Å². The fourth-order valence-electron chi connectivity index (χ4n) is 4.86. The molecule has 1 aromatic heterocycles. The number of aliphatic hydroxyl groups is 1. The van der Waals surface area contributed by atoms with Crippen LogP contribution in [-0.2, 0) is 23.1 Å². The van der Waals surface area contributed by atoms with Gasteiger partial charge in [0.05, 0.1) is 24.2 Å². The van der Waals surface area contributed by atoms with E-state index in [-0.39, 0.29) is 12.0 Å². The van der Waals surface area contributed by atoms with Crippen LogP contribution in [0, 0.1) is 0 Å². The fraction of sp³-hybridized carbons (Fsp3) is 0.567. The standard InChI is InChI=1S/C28H39N3O2.C2H6/c1-4-33-20-19-31-26-8-6-5-7-25(26)29-27(31)23-14-17-30(18-15-23)16-13-22-9-11-24(12-10-22)28(2,3)21-32;1-2/h5-12,23,32H,4,13-21H2,1-3H3;1-2H3. The lowest BCUT2D eigenvalue weighted by atomic mass is 9.85. The Bertz CT molecular complexity index is 1020. The van der Waals surface area contributed by atoms with E-state index >= 15 is 0 Å². The molecule has 1 aliphatic rings. The van der Waals surface area contributed by atoms with Gasteiger partial charge in [-0.2, -0.15) is 0 Å². The molecule has 1 saturated heterocycles. The Labute approximate surface area is 212 Å². The van der Waals surface area contributed by atoms with E-state index in [1.165, 1.54) is 22.5 Å². The number of hydrogen-bond acceptors (Lipinski definition) is 4. The first kappa shape index (κ1) is 27.4. The van der Waals surface area contributed by atoms with Gasteiger partial charge in [-0.3, -0.25) is 0 Å². The Balaban J connectivity index is 0.00000167. The van der Waals surface area contributed by atoms with Gasteiger partial charge < -0.3 is 19.3 Å². The van der Waals surface area contributed by atoms with Crippen molar-refractivity contribution in [3.63, 3.8) is 0 Å². The summed E-state index contributed by atoms with van der Waals surface area (Å²) in [6.07, 6.45) is 3.38. The molecular formula is C30H45N3O2. The second-order valence-corrected chi connectivity index (χ2v) is 9.91. The monoisotopic (exact) mass is 479 g/mol. The molecule has 0 amide bonds. The molecule has 1 N–H and O–H groups in total. The van der Waals surface area contributed by atoms with Crippen molar-refractivity contribution < 1.29 is 9.84 Å². The van der Waals surface area contributed by atoms with Crippen molar-refractivity contribution >= 4 is 11.0 Å². The zero-order valence-corrected chi connectivity index (χ0v) is 22.5. The summed E-state index contributed by atoms with van der Waals surface area (Å²) in [5.74, 6) is 1.74. The Kier molecular flexibility index (Phi) is 10.3. The number of likely N-dealkylation sites (tertiary alicyclic amines) is 1. The highest BCUT2D eigenvalue weighted by Crippen LogP contribution is 2.30. The van der Waals surface area contributed by atoms with E-state index in [4.69, 9.17) is 9.72 Å². The second kappa shape index (κ2) is 13.2. The lowest BCUT2D eigenvalue weighted by molar-refractivity contribution is 0.138. The molecular weight excluding hydrogens is 434 g/mol. The van der Waals surface area contributed by atoms with Gasteiger partial charge in [-0.15, -0.1) is 0 Å². The van der Waals surface area contributed by atoms with Crippen molar-refractivity contribution in [2.24, 2.45) is 0 Å². The third-order valence-electron chi connectivity index (χ3n) is 7.15. The molecule has 0 atom stereocenters. The summed E-state index contributed by atoms with van der Waals surface area (Å²) < 4.78 is 8.04. The molecule has 35 heavy (non-hydrogen) atoms. The highest BCUT2D eigenvalue weighted by Gasteiger charge is 2.25. The number of benzene rings is 2. The summed E-state index contributed by atoms with van der Waals surface area (Å²) in [5, 5.41) is 9.59. The first-order chi connectivity index (χ1) is 17.0. The maximum atomic E-state index is 9.59. The number of para-hydroxylation sites is 2. The number of imidazole rings is 1. The minimum Gasteiger partial charge on any atom is -0.395 e. The van der Waals surface area contributed by atoms with E-state index in [9.17, 15) is 5.11 Å². The molecule has 4 rings (SSSR count). The van der Waals surface area contributed by atoms with Crippen LogP contribution in [0.1, 0.15) is 70.3 Å². The predicted molar refractivity (Wildman–Crippen MR) is 146 cm³/mol. The Hall–Kier alpha value is -2.21. The fourth-order valence-corrected chi connectivity index (χ4v) is 4.86. The van der Waals surface area contributed by atoms with E-state index in [1.54, 1.807) is 0 Å². The lowest BCUT2D eigenvalue weighted by Gasteiger charge is -2.32. The molecule has 5 heteroatoms. The van der Waals surface area contributed by atoms with Crippen LogP contribution in [0.4, 0.5) is 0 Å². The largest absolute Gasteiger partial charge is 0.395 e. The van der Waals surface area contributed by atoms with Gasteiger partial charge in [0.15, 0.2) is 0 Å². The molecule has 0 radical (unpaired) electrons. The number of aliphatic hydroxyl groups excluding tert-OH is 1. The number of rotatable bonds is 10. The first-order valence-corrected chi connectivity index (χ1v) is 13.5. The quantitative estimate of drug-likeness (QED) is 0.374. The Morgan fingerprint density at radius 3 is 2.34 bits per heavy atom. The van der Waals surface area contributed by atoms with E-state index in [0.717, 1.165) is 64.2 Å². The van der Waals surface area contributed by atoms with E-state index in [1.807, 2.05) is 20.8 Å². The summed E-state index contributed by atoms with van der Waals surface area (Å²) >= 11 is 0. The number of hydrogen-bond donors (Lipinski definition) is 1. The first-order valence-electron chi connectivity index (χ1n) is 13.5. The van der Waals surface area contributed by atoms with Crippen LogP contribution >= 0.6 is 0 Å². The second-order valence-electron chi connectivity index (χ2n) is 9.91. The summed E-state index contributed by atoms with van der Waals surface area (Å²) in [4.78, 5) is 7.63.